The van der Waals surface area contributed by atoms with E-state index in [2.05, 4.69) is 10.3 Å². The largest absolute Gasteiger partial charge is 0.447 e. The normalized spacial score (nSPS) is 17.5. The van der Waals surface area contributed by atoms with Crippen molar-refractivity contribution in [1.29, 1.82) is 0 Å². The Morgan fingerprint density at radius 1 is 1.57 bits per heavy atom. The van der Waals surface area contributed by atoms with Crippen LogP contribution in [0.3, 0.4) is 0 Å². The maximum atomic E-state index is 5.60. The first-order chi connectivity index (χ1) is 6.88. The lowest BCUT2D eigenvalue weighted by Crippen LogP contribution is -2.11. The van der Waals surface area contributed by atoms with Crippen LogP contribution in [0.4, 0.5) is 0 Å². The van der Waals surface area contributed by atoms with Crippen molar-refractivity contribution in [3.63, 3.8) is 0 Å². The van der Waals surface area contributed by atoms with Crippen LogP contribution >= 0.6 is 0 Å². The van der Waals surface area contributed by atoms with Crippen molar-refractivity contribution in [3.8, 4) is 6.08 Å². The first-order valence-corrected chi connectivity index (χ1v) is 5.14. The van der Waals surface area contributed by atoms with Crippen molar-refractivity contribution in [2.75, 3.05) is 7.05 Å². The number of aromatic nitrogens is 1. The van der Waals surface area contributed by atoms with E-state index in [1.807, 2.05) is 7.05 Å². The predicted octanol–water partition coefficient (Wildman–Crippen LogP) is 1.72. The molecule has 0 amide bonds. The van der Waals surface area contributed by atoms with Crippen LogP contribution in [0.15, 0.2) is 10.7 Å². The van der Waals surface area contributed by atoms with Crippen molar-refractivity contribution < 1.29 is 9.15 Å². The van der Waals surface area contributed by atoms with E-state index < -0.39 is 0 Å². The molecule has 4 heteroatoms. The molecular formula is C10H16N2O2. The molecule has 0 spiro atoms. The minimum absolute atomic E-state index is 0.316. The summed E-state index contributed by atoms with van der Waals surface area (Å²) < 4.78 is 10.8. The van der Waals surface area contributed by atoms with Crippen molar-refractivity contribution in [1.82, 2.24) is 10.3 Å². The highest BCUT2D eigenvalue weighted by atomic mass is 16.6. The predicted molar refractivity (Wildman–Crippen MR) is 52.2 cm³/mol. The Morgan fingerprint density at radius 2 is 2.36 bits per heavy atom. The van der Waals surface area contributed by atoms with E-state index in [9.17, 15) is 0 Å². The van der Waals surface area contributed by atoms with Gasteiger partial charge in [-0.25, -0.2) is 0 Å². The Morgan fingerprint density at radius 3 is 3.07 bits per heavy atom. The van der Waals surface area contributed by atoms with Crippen molar-refractivity contribution >= 4 is 0 Å². The van der Waals surface area contributed by atoms with Gasteiger partial charge in [-0.1, -0.05) is 0 Å². The molecule has 0 bridgehead atoms. The van der Waals surface area contributed by atoms with Gasteiger partial charge in [0.05, 0.1) is 5.69 Å². The van der Waals surface area contributed by atoms with E-state index in [0.29, 0.717) is 12.2 Å². The lowest BCUT2D eigenvalue weighted by molar-refractivity contribution is 0.152. The van der Waals surface area contributed by atoms with Gasteiger partial charge in [-0.15, -0.1) is 0 Å². The molecule has 1 N–H and O–H groups in total. The third-order valence-corrected chi connectivity index (χ3v) is 2.46. The number of rotatable bonds is 4. The number of nitrogens with one attached hydrogen (secondary N) is 1. The highest BCUT2D eigenvalue weighted by Crippen LogP contribution is 2.23. The molecule has 0 unspecified atom stereocenters. The molecule has 1 aliphatic carbocycles. The van der Waals surface area contributed by atoms with Gasteiger partial charge in [0.1, 0.15) is 12.4 Å². The Kier molecular flexibility index (Phi) is 3.03. The Labute approximate surface area is 83.7 Å². The van der Waals surface area contributed by atoms with Crippen LogP contribution in [0.1, 0.15) is 31.4 Å². The van der Waals surface area contributed by atoms with E-state index in [1.165, 1.54) is 12.8 Å². The summed E-state index contributed by atoms with van der Waals surface area (Å²) >= 11 is 0. The molecule has 0 saturated heterocycles. The summed E-state index contributed by atoms with van der Waals surface area (Å²) in [5, 5.41) is 3.01. The number of ether oxygens (including phenoxy) is 1. The quantitative estimate of drug-likeness (QED) is 0.796. The van der Waals surface area contributed by atoms with Crippen LogP contribution in [0.25, 0.3) is 0 Å². The van der Waals surface area contributed by atoms with Crippen LogP contribution in [-0.2, 0) is 6.54 Å². The van der Waals surface area contributed by atoms with E-state index in [1.54, 1.807) is 6.26 Å². The molecular weight excluding hydrogens is 180 g/mol. The molecule has 4 nitrogen and oxygen atoms in total. The van der Waals surface area contributed by atoms with Gasteiger partial charge in [0.15, 0.2) is 0 Å². The molecule has 1 heterocycles. The standard InChI is InChI=1S/C10H16N2O2/c1-11-6-8-7-13-10(12-8)14-9-4-2-3-5-9/h7,9,11H,2-6H2,1H3. The zero-order chi connectivity index (χ0) is 9.80. The second-order valence-corrected chi connectivity index (χ2v) is 3.66. The molecule has 0 radical (unpaired) electrons. The first-order valence-electron chi connectivity index (χ1n) is 5.14. The lowest BCUT2D eigenvalue weighted by atomic mass is 10.3. The summed E-state index contributed by atoms with van der Waals surface area (Å²) in [5.41, 5.74) is 0.889. The molecule has 78 valence electrons. The van der Waals surface area contributed by atoms with Gasteiger partial charge < -0.3 is 14.5 Å². The lowest BCUT2D eigenvalue weighted by Gasteiger charge is -2.07. The zero-order valence-corrected chi connectivity index (χ0v) is 8.45. The molecule has 1 saturated carbocycles. The average Bonchev–Trinajstić information content (AvgIpc) is 2.79. The molecule has 0 aromatic carbocycles. The number of hydrogen-bond donors (Lipinski definition) is 1. The summed E-state index contributed by atoms with van der Waals surface area (Å²) in [6.07, 6.45) is 7.15. The van der Waals surface area contributed by atoms with Gasteiger partial charge in [-0.3, -0.25) is 0 Å². The van der Waals surface area contributed by atoms with Crippen LogP contribution in [0.2, 0.25) is 0 Å². The Hall–Kier alpha value is -1.03. The molecule has 1 aliphatic rings. The Balaban J connectivity index is 1.88. The molecule has 14 heavy (non-hydrogen) atoms. The fourth-order valence-corrected chi connectivity index (χ4v) is 1.75. The summed E-state index contributed by atoms with van der Waals surface area (Å²) in [4.78, 5) is 4.21. The van der Waals surface area contributed by atoms with Crippen LogP contribution in [-0.4, -0.2) is 18.1 Å². The minimum atomic E-state index is 0.316. The minimum Gasteiger partial charge on any atom is -0.447 e. The third kappa shape index (κ3) is 2.26. The van der Waals surface area contributed by atoms with Gasteiger partial charge in [-0.2, -0.15) is 4.98 Å². The van der Waals surface area contributed by atoms with E-state index >= 15 is 0 Å². The van der Waals surface area contributed by atoms with Crippen LogP contribution in [0.5, 0.6) is 6.08 Å². The van der Waals surface area contributed by atoms with Gasteiger partial charge in [0, 0.05) is 6.54 Å². The van der Waals surface area contributed by atoms with Gasteiger partial charge in [-0.05, 0) is 32.7 Å². The molecule has 1 aromatic heterocycles. The smallest absolute Gasteiger partial charge is 0.394 e. The fraction of sp³-hybridized carbons (Fsp3) is 0.700. The van der Waals surface area contributed by atoms with Gasteiger partial charge in [0.25, 0.3) is 0 Å². The van der Waals surface area contributed by atoms with Crippen LogP contribution < -0.4 is 10.1 Å². The van der Waals surface area contributed by atoms with E-state index in [-0.39, 0.29) is 0 Å². The summed E-state index contributed by atoms with van der Waals surface area (Å²) in [6.45, 7) is 0.720. The maximum Gasteiger partial charge on any atom is 0.394 e. The fourth-order valence-electron chi connectivity index (χ4n) is 1.75. The molecule has 1 fully saturated rings. The highest BCUT2D eigenvalue weighted by Gasteiger charge is 2.18. The topological polar surface area (TPSA) is 47.3 Å². The summed E-state index contributed by atoms with van der Waals surface area (Å²) in [7, 11) is 1.88. The van der Waals surface area contributed by atoms with Crippen molar-refractivity contribution in [3.05, 3.63) is 12.0 Å². The van der Waals surface area contributed by atoms with Gasteiger partial charge >= 0.3 is 6.08 Å². The second kappa shape index (κ2) is 4.46. The van der Waals surface area contributed by atoms with Crippen LogP contribution in [0, 0.1) is 0 Å². The number of oxazole rings is 1. The maximum absolute atomic E-state index is 5.60. The Bertz CT molecular complexity index is 279. The first kappa shape index (κ1) is 9.52. The second-order valence-electron chi connectivity index (χ2n) is 3.66. The molecule has 2 rings (SSSR count). The average molecular weight is 196 g/mol. The summed E-state index contributed by atoms with van der Waals surface area (Å²) in [6, 6.07) is 0. The summed E-state index contributed by atoms with van der Waals surface area (Å²) in [5.74, 6) is 0. The van der Waals surface area contributed by atoms with E-state index in [4.69, 9.17) is 9.15 Å². The molecule has 1 aromatic rings. The monoisotopic (exact) mass is 196 g/mol. The molecule has 0 aliphatic heterocycles. The third-order valence-electron chi connectivity index (χ3n) is 2.46. The van der Waals surface area contributed by atoms with Crippen molar-refractivity contribution in [2.45, 2.75) is 38.3 Å². The molecule has 0 atom stereocenters. The van der Waals surface area contributed by atoms with E-state index in [0.717, 1.165) is 25.1 Å². The number of hydrogen-bond acceptors (Lipinski definition) is 4. The zero-order valence-electron chi connectivity index (χ0n) is 8.45. The van der Waals surface area contributed by atoms with Crippen molar-refractivity contribution in [2.24, 2.45) is 0 Å². The SMILES string of the molecule is CNCc1coc(OC2CCCC2)n1. The van der Waals surface area contributed by atoms with Gasteiger partial charge in [0.2, 0.25) is 0 Å². The number of nitrogens with zero attached hydrogens (tertiary/aromatic N) is 1. The highest BCUT2D eigenvalue weighted by molar-refractivity contribution is 4.99.